The Hall–Kier alpha value is -0.830. The summed E-state index contributed by atoms with van der Waals surface area (Å²) in [7, 11) is 0. The molecule has 0 spiro atoms. The molecule has 80 valence electrons. The van der Waals surface area contributed by atoms with E-state index >= 15 is 0 Å². The smallest absolute Gasteiger partial charge is 0.239 e. The third kappa shape index (κ3) is 2.58. The Bertz CT molecular complexity index is 225. The number of nitrogens with zero attached hydrogens (tertiary/aromatic N) is 1. The molecule has 0 radical (unpaired) electrons. The summed E-state index contributed by atoms with van der Waals surface area (Å²) in [6, 6.07) is -0.346. The highest BCUT2D eigenvalue weighted by molar-refractivity contribution is 5.82. The Balaban J connectivity index is 2.49. The standard InChI is InChI=1S/C11H20N2O/c1-8(2)10(12)11(14)13-6-4-9(3)5-7-13/h8,10H,3-7,12H2,1-2H3/t10-/m1/s1. The maximum atomic E-state index is 11.8. The number of piperidine rings is 1. The van der Waals surface area contributed by atoms with Gasteiger partial charge < -0.3 is 10.6 Å². The molecule has 0 unspecified atom stereocenters. The Kier molecular flexibility index (Phi) is 3.69. The first kappa shape index (κ1) is 11.2. The van der Waals surface area contributed by atoms with E-state index in [1.165, 1.54) is 5.57 Å². The average Bonchev–Trinajstić information content (AvgIpc) is 2.16. The maximum Gasteiger partial charge on any atom is 0.239 e. The normalized spacial score (nSPS) is 20.0. The fourth-order valence-corrected chi connectivity index (χ4v) is 1.54. The number of hydrogen-bond acceptors (Lipinski definition) is 2. The van der Waals surface area contributed by atoms with Gasteiger partial charge in [-0.3, -0.25) is 4.79 Å². The van der Waals surface area contributed by atoms with Crippen LogP contribution in [0.1, 0.15) is 26.7 Å². The van der Waals surface area contributed by atoms with Gasteiger partial charge in [0.1, 0.15) is 0 Å². The van der Waals surface area contributed by atoms with Crippen LogP contribution >= 0.6 is 0 Å². The second-order valence-corrected chi connectivity index (χ2v) is 4.35. The van der Waals surface area contributed by atoms with Gasteiger partial charge >= 0.3 is 0 Å². The average molecular weight is 196 g/mol. The molecule has 0 aliphatic carbocycles. The van der Waals surface area contributed by atoms with Gasteiger partial charge in [-0.1, -0.05) is 26.0 Å². The van der Waals surface area contributed by atoms with E-state index < -0.39 is 0 Å². The van der Waals surface area contributed by atoms with Crippen molar-refractivity contribution in [3.63, 3.8) is 0 Å². The molecule has 2 N–H and O–H groups in total. The zero-order valence-corrected chi connectivity index (χ0v) is 9.12. The Morgan fingerprint density at radius 3 is 2.36 bits per heavy atom. The zero-order valence-electron chi connectivity index (χ0n) is 9.12. The van der Waals surface area contributed by atoms with Crippen molar-refractivity contribution in [2.24, 2.45) is 11.7 Å². The molecule has 0 aromatic heterocycles. The lowest BCUT2D eigenvalue weighted by Crippen LogP contribution is -2.48. The van der Waals surface area contributed by atoms with E-state index in [4.69, 9.17) is 5.73 Å². The summed E-state index contributed by atoms with van der Waals surface area (Å²) in [6.45, 7) is 9.45. The number of amides is 1. The largest absolute Gasteiger partial charge is 0.341 e. The highest BCUT2D eigenvalue weighted by Gasteiger charge is 2.25. The summed E-state index contributed by atoms with van der Waals surface area (Å²) in [5.41, 5.74) is 7.05. The van der Waals surface area contributed by atoms with Crippen LogP contribution in [0.5, 0.6) is 0 Å². The monoisotopic (exact) mass is 196 g/mol. The molecular weight excluding hydrogens is 176 g/mol. The van der Waals surface area contributed by atoms with Crippen LogP contribution in [-0.2, 0) is 4.79 Å². The summed E-state index contributed by atoms with van der Waals surface area (Å²) in [6.07, 6.45) is 1.85. The molecule has 0 aromatic carbocycles. The fraction of sp³-hybridized carbons (Fsp3) is 0.727. The lowest BCUT2D eigenvalue weighted by atomic mass is 10.0. The predicted molar refractivity (Wildman–Crippen MR) is 57.8 cm³/mol. The molecule has 1 aliphatic heterocycles. The first-order chi connectivity index (χ1) is 6.52. The van der Waals surface area contributed by atoms with Crippen LogP contribution < -0.4 is 5.73 Å². The molecular formula is C11H20N2O. The topological polar surface area (TPSA) is 46.3 Å². The van der Waals surface area contributed by atoms with Gasteiger partial charge in [-0.15, -0.1) is 0 Å². The number of nitrogens with two attached hydrogens (primary N) is 1. The fourth-order valence-electron chi connectivity index (χ4n) is 1.54. The van der Waals surface area contributed by atoms with Crippen LogP contribution in [0.25, 0.3) is 0 Å². The van der Waals surface area contributed by atoms with E-state index in [-0.39, 0.29) is 17.9 Å². The van der Waals surface area contributed by atoms with E-state index in [1.807, 2.05) is 18.7 Å². The second-order valence-electron chi connectivity index (χ2n) is 4.35. The highest BCUT2D eigenvalue weighted by Crippen LogP contribution is 2.15. The minimum absolute atomic E-state index is 0.0903. The zero-order chi connectivity index (χ0) is 10.7. The van der Waals surface area contributed by atoms with Crippen molar-refractivity contribution >= 4 is 5.91 Å². The molecule has 0 aromatic rings. The van der Waals surface area contributed by atoms with Gasteiger partial charge in [-0.25, -0.2) is 0 Å². The SMILES string of the molecule is C=C1CCN(C(=O)[C@H](N)C(C)C)CC1. The van der Waals surface area contributed by atoms with E-state index in [0.717, 1.165) is 25.9 Å². The quantitative estimate of drug-likeness (QED) is 0.673. The molecule has 1 aliphatic rings. The molecule has 1 atom stereocenters. The van der Waals surface area contributed by atoms with Crippen molar-refractivity contribution in [2.75, 3.05) is 13.1 Å². The molecule has 3 heteroatoms. The van der Waals surface area contributed by atoms with E-state index in [1.54, 1.807) is 0 Å². The maximum absolute atomic E-state index is 11.8. The van der Waals surface area contributed by atoms with Gasteiger partial charge in [-0.05, 0) is 18.8 Å². The molecule has 1 fully saturated rings. The molecule has 1 heterocycles. The van der Waals surface area contributed by atoms with Gasteiger partial charge in [0.25, 0.3) is 0 Å². The van der Waals surface area contributed by atoms with Gasteiger partial charge in [0, 0.05) is 13.1 Å². The summed E-state index contributed by atoms with van der Waals surface area (Å²) in [5.74, 6) is 0.306. The molecule has 1 rings (SSSR count). The van der Waals surface area contributed by atoms with Crippen LogP contribution in [0, 0.1) is 5.92 Å². The number of rotatable bonds is 2. The van der Waals surface area contributed by atoms with Crippen LogP contribution in [-0.4, -0.2) is 29.9 Å². The first-order valence-corrected chi connectivity index (χ1v) is 5.23. The molecule has 0 saturated carbocycles. The van der Waals surface area contributed by atoms with E-state index in [0.29, 0.717) is 0 Å². The summed E-state index contributed by atoms with van der Waals surface area (Å²) in [4.78, 5) is 13.7. The summed E-state index contributed by atoms with van der Waals surface area (Å²) >= 11 is 0. The van der Waals surface area contributed by atoms with Gasteiger partial charge in [0.15, 0.2) is 0 Å². The van der Waals surface area contributed by atoms with Gasteiger partial charge in [-0.2, -0.15) is 0 Å². The van der Waals surface area contributed by atoms with Crippen molar-refractivity contribution in [1.82, 2.24) is 4.90 Å². The van der Waals surface area contributed by atoms with Gasteiger partial charge in [0.2, 0.25) is 5.91 Å². The lowest BCUT2D eigenvalue weighted by molar-refractivity contribution is -0.134. The Labute approximate surface area is 86.0 Å². The van der Waals surface area contributed by atoms with Crippen molar-refractivity contribution < 1.29 is 4.79 Å². The van der Waals surface area contributed by atoms with Gasteiger partial charge in [0.05, 0.1) is 6.04 Å². The van der Waals surface area contributed by atoms with Crippen molar-refractivity contribution in [1.29, 1.82) is 0 Å². The second kappa shape index (κ2) is 4.60. The van der Waals surface area contributed by atoms with E-state index in [9.17, 15) is 4.79 Å². The Morgan fingerprint density at radius 2 is 1.93 bits per heavy atom. The number of carbonyl (C=O) groups excluding carboxylic acids is 1. The van der Waals surface area contributed by atoms with E-state index in [2.05, 4.69) is 6.58 Å². The molecule has 0 bridgehead atoms. The molecule has 3 nitrogen and oxygen atoms in total. The molecule has 1 saturated heterocycles. The predicted octanol–water partition coefficient (Wildman–Crippen LogP) is 1.15. The third-order valence-corrected chi connectivity index (χ3v) is 2.79. The first-order valence-electron chi connectivity index (χ1n) is 5.23. The Morgan fingerprint density at radius 1 is 1.43 bits per heavy atom. The van der Waals surface area contributed by atoms with Crippen molar-refractivity contribution in [3.05, 3.63) is 12.2 Å². The molecule has 1 amide bonds. The third-order valence-electron chi connectivity index (χ3n) is 2.79. The lowest BCUT2D eigenvalue weighted by Gasteiger charge is -2.31. The number of likely N-dealkylation sites (tertiary alicyclic amines) is 1. The van der Waals surface area contributed by atoms with Crippen LogP contribution in [0.4, 0.5) is 0 Å². The van der Waals surface area contributed by atoms with Crippen LogP contribution in [0.3, 0.4) is 0 Å². The highest BCUT2D eigenvalue weighted by atomic mass is 16.2. The summed E-state index contributed by atoms with van der Waals surface area (Å²) < 4.78 is 0. The van der Waals surface area contributed by atoms with Crippen LogP contribution in [0.15, 0.2) is 12.2 Å². The molecule has 14 heavy (non-hydrogen) atoms. The van der Waals surface area contributed by atoms with Crippen molar-refractivity contribution in [2.45, 2.75) is 32.7 Å². The summed E-state index contributed by atoms with van der Waals surface area (Å²) in [5, 5.41) is 0. The van der Waals surface area contributed by atoms with Crippen molar-refractivity contribution in [3.8, 4) is 0 Å². The minimum atomic E-state index is -0.346. The minimum Gasteiger partial charge on any atom is -0.341 e. The number of hydrogen-bond donors (Lipinski definition) is 1. The number of carbonyl (C=O) groups is 1. The van der Waals surface area contributed by atoms with Crippen LogP contribution in [0.2, 0.25) is 0 Å².